The van der Waals surface area contributed by atoms with Gasteiger partial charge < -0.3 is 14.7 Å². The van der Waals surface area contributed by atoms with E-state index in [2.05, 4.69) is 88.7 Å². The molecule has 0 bridgehead atoms. The maximum atomic E-state index is 6.45. The summed E-state index contributed by atoms with van der Waals surface area (Å²) in [5.41, 5.74) is 6.79. The summed E-state index contributed by atoms with van der Waals surface area (Å²) in [5.74, 6) is 2.05. The molecule has 2 aromatic rings. The van der Waals surface area contributed by atoms with E-state index in [4.69, 9.17) is 11.6 Å². The Balaban J connectivity index is 1.80. The van der Waals surface area contributed by atoms with Crippen LogP contribution < -0.4 is 15.2 Å². The van der Waals surface area contributed by atoms with Crippen LogP contribution >= 0.6 is 23.4 Å². The summed E-state index contributed by atoms with van der Waals surface area (Å²) in [6.07, 6.45) is 1.09. The summed E-state index contributed by atoms with van der Waals surface area (Å²) >= 11 is 8.44. The molecule has 0 saturated carbocycles. The number of rotatable bonds is 5. The summed E-state index contributed by atoms with van der Waals surface area (Å²) in [4.78, 5) is 6.97. The number of nitrogens with one attached hydrogen (secondary N) is 1. The molecule has 0 amide bonds. The Morgan fingerprint density at radius 2 is 1.93 bits per heavy atom. The highest BCUT2D eigenvalue weighted by molar-refractivity contribution is 8.00. The number of halogens is 1. The lowest BCUT2D eigenvalue weighted by molar-refractivity contribution is 0.437. The molecule has 2 aromatic carbocycles. The van der Waals surface area contributed by atoms with Crippen LogP contribution in [-0.4, -0.2) is 48.7 Å². The molecule has 0 aliphatic carbocycles. The van der Waals surface area contributed by atoms with Gasteiger partial charge in [0.05, 0.1) is 16.7 Å². The number of hydrogen-bond donors (Lipinski definition) is 1. The van der Waals surface area contributed by atoms with Gasteiger partial charge >= 0.3 is 0 Å². The SMILES string of the molecule is CC1=NNC2CC(SCCN(C)C)N(c3ccccc3)c3cc(Cl)ccc3N12. The molecule has 7 heteroatoms. The first kappa shape index (κ1) is 19.4. The quantitative estimate of drug-likeness (QED) is 0.773. The summed E-state index contributed by atoms with van der Waals surface area (Å²) < 4.78 is 0. The molecule has 2 heterocycles. The Morgan fingerprint density at radius 3 is 2.68 bits per heavy atom. The van der Waals surface area contributed by atoms with Gasteiger partial charge in [-0.05, 0) is 51.4 Å². The van der Waals surface area contributed by atoms with Gasteiger partial charge in [0, 0.05) is 29.4 Å². The van der Waals surface area contributed by atoms with Crippen molar-refractivity contribution in [1.29, 1.82) is 0 Å². The van der Waals surface area contributed by atoms with Crippen molar-refractivity contribution in [3.05, 3.63) is 53.6 Å². The second-order valence-electron chi connectivity index (χ2n) is 7.38. The molecule has 0 saturated heterocycles. The average Bonchev–Trinajstić information content (AvgIpc) is 2.96. The largest absolute Gasteiger partial charge is 0.327 e. The number of para-hydroxylation sites is 1. The first-order chi connectivity index (χ1) is 13.5. The molecular weight excluding hydrogens is 390 g/mol. The number of fused-ring (bicyclic) bond motifs is 3. The van der Waals surface area contributed by atoms with Gasteiger partial charge in [-0.3, -0.25) is 5.43 Å². The number of nitrogens with zero attached hydrogens (tertiary/aromatic N) is 4. The lowest BCUT2D eigenvalue weighted by Crippen LogP contribution is -2.41. The Bertz CT molecular complexity index is 857. The number of benzene rings is 2. The molecule has 1 N–H and O–H groups in total. The van der Waals surface area contributed by atoms with E-state index in [1.807, 2.05) is 17.8 Å². The van der Waals surface area contributed by atoms with Crippen LogP contribution in [-0.2, 0) is 0 Å². The molecule has 0 spiro atoms. The topological polar surface area (TPSA) is 34.1 Å². The minimum Gasteiger partial charge on any atom is -0.327 e. The molecule has 2 aliphatic rings. The van der Waals surface area contributed by atoms with E-state index >= 15 is 0 Å². The lowest BCUT2D eigenvalue weighted by atomic mass is 10.2. The van der Waals surface area contributed by atoms with Crippen LogP contribution in [0.1, 0.15) is 13.3 Å². The average molecular weight is 416 g/mol. The third kappa shape index (κ3) is 3.81. The first-order valence-electron chi connectivity index (χ1n) is 9.54. The zero-order valence-electron chi connectivity index (χ0n) is 16.5. The summed E-state index contributed by atoms with van der Waals surface area (Å²) in [5, 5.41) is 5.52. The number of thioether (sulfide) groups is 1. The van der Waals surface area contributed by atoms with E-state index in [1.54, 1.807) is 0 Å². The van der Waals surface area contributed by atoms with Crippen LogP contribution in [0, 0.1) is 0 Å². The second kappa shape index (κ2) is 8.23. The minimum absolute atomic E-state index is 0.144. The molecular formula is C21H26ClN5S. The lowest BCUT2D eigenvalue weighted by Gasteiger charge is -2.33. The molecule has 2 atom stereocenters. The van der Waals surface area contributed by atoms with Crippen molar-refractivity contribution in [3.63, 3.8) is 0 Å². The van der Waals surface area contributed by atoms with E-state index in [1.165, 1.54) is 5.69 Å². The van der Waals surface area contributed by atoms with Crippen LogP contribution in [0.15, 0.2) is 53.6 Å². The monoisotopic (exact) mass is 415 g/mol. The maximum absolute atomic E-state index is 6.45. The molecule has 148 valence electrons. The Labute approximate surface area is 176 Å². The Kier molecular flexibility index (Phi) is 5.71. The highest BCUT2D eigenvalue weighted by Gasteiger charge is 2.38. The van der Waals surface area contributed by atoms with E-state index in [-0.39, 0.29) is 11.5 Å². The Hall–Kier alpha value is -1.89. The highest BCUT2D eigenvalue weighted by Crippen LogP contribution is 2.45. The summed E-state index contributed by atoms with van der Waals surface area (Å²) in [6.45, 7) is 3.10. The fourth-order valence-corrected chi connectivity index (χ4v) is 5.37. The van der Waals surface area contributed by atoms with Gasteiger partial charge in [-0.25, -0.2) is 0 Å². The number of amidine groups is 1. The molecule has 0 aromatic heterocycles. The first-order valence-corrected chi connectivity index (χ1v) is 11.0. The van der Waals surface area contributed by atoms with Gasteiger partial charge in [0.2, 0.25) is 0 Å². The van der Waals surface area contributed by atoms with E-state index in [0.29, 0.717) is 0 Å². The second-order valence-corrected chi connectivity index (χ2v) is 9.10. The molecule has 5 nitrogen and oxygen atoms in total. The van der Waals surface area contributed by atoms with Crippen molar-refractivity contribution < 1.29 is 0 Å². The van der Waals surface area contributed by atoms with Gasteiger partial charge in [-0.15, -0.1) is 11.8 Å². The van der Waals surface area contributed by atoms with Crippen molar-refractivity contribution in [2.45, 2.75) is 24.9 Å². The van der Waals surface area contributed by atoms with Gasteiger partial charge in [0.15, 0.2) is 0 Å². The van der Waals surface area contributed by atoms with Crippen molar-refractivity contribution in [3.8, 4) is 0 Å². The third-order valence-electron chi connectivity index (χ3n) is 5.09. The predicted molar refractivity (Wildman–Crippen MR) is 122 cm³/mol. The van der Waals surface area contributed by atoms with E-state index < -0.39 is 0 Å². The normalized spacial score (nSPS) is 21.1. The number of hydrogen-bond acceptors (Lipinski definition) is 6. The highest BCUT2D eigenvalue weighted by atomic mass is 35.5. The van der Waals surface area contributed by atoms with Gasteiger partial charge in [-0.1, -0.05) is 29.8 Å². The minimum atomic E-state index is 0.144. The van der Waals surface area contributed by atoms with Crippen molar-refractivity contribution >= 4 is 46.3 Å². The van der Waals surface area contributed by atoms with Crippen LogP contribution in [0.4, 0.5) is 17.1 Å². The summed E-state index contributed by atoms with van der Waals surface area (Å²) in [6, 6.07) is 16.8. The molecule has 4 rings (SSSR count). The third-order valence-corrected chi connectivity index (χ3v) is 6.53. The molecule has 0 radical (unpaired) electrons. The van der Waals surface area contributed by atoms with E-state index in [0.717, 1.165) is 41.0 Å². The van der Waals surface area contributed by atoms with Crippen LogP contribution in [0.5, 0.6) is 0 Å². The number of anilines is 3. The number of hydrazone groups is 1. The molecule has 28 heavy (non-hydrogen) atoms. The van der Waals surface area contributed by atoms with Gasteiger partial charge in [-0.2, -0.15) is 5.10 Å². The summed E-state index contributed by atoms with van der Waals surface area (Å²) in [7, 11) is 4.24. The standard InChI is InChI=1S/C21H26ClN5S/c1-15-23-24-20-14-21(28-12-11-25(2)3)27(17-7-5-4-6-8-17)19-13-16(22)9-10-18(19)26(15)20/h4-10,13,20-21,24H,11-12,14H2,1-3H3. The van der Waals surface area contributed by atoms with Crippen molar-refractivity contribution in [2.24, 2.45) is 5.10 Å². The Morgan fingerprint density at radius 1 is 1.14 bits per heavy atom. The predicted octanol–water partition coefficient (Wildman–Crippen LogP) is 4.57. The van der Waals surface area contributed by atoms with Crippen LogP contribution in [0.2, 0.25) is 5.02 Å². The van der Waals surface area contributed by atoms with E-state index in [9.17, 15) is 0 Å². The zero-order valence-corrected chi connectivity index (χ0v) is 18.0. The molecule has 2 aliphatic heterocycles. The van der Waals surface area contributed by atoms with Gasteiger partial charge in [0.1, 0.15) is 12.0 Å². The van der Waals surface area contributed by atoms with Crippen LogP contribution in [0.3, 0.4) is 0 Å². The van der Waals surface area contributed by atoms with Gasteiger partial charge in [0.25, 0.3) is 0 Å². The van der Waals surface area contributed by atoms with Crippen molar-refractivity contribution in [1.82, 2.24) is 10.3 Å². The fraction of sp³-hybridized carbons (Fsp3) is 0.381. The molecule has 0 fully saturated rings. The smallest absolute Gasteiger partial charge is 0.127 e. The maximum Gasteiger partial charge on any atom is 0.127 e. The van der Waals surface area contributed by atoms with Crippen LogP contribution in [0.25, 0.3) is 0 Å². The fourth-order valence-electron chi connectivity index (χ4n) is 3.76. The van der Waals surface area contributed by atoms with Crippen molar-refractivity contribution in [2.75, 3.05) is 36.2 Å². The zero-order chi connectivity index (χ0) is 19.7. The molecule has 2 unspecified atom stereocenters.